The van der Waals surface area contributed by atoms with Crippen LogP contribution in [0.1, 0.15) is 23.3 Å². The predicted molar refractivity (Wildman–Crippen MR) is 100 cm³/mol. The first-order chi connectivity index (χ1) is 12.5. The first-order valence-electron chi connectivity index (χ1n) is 8.58. The molecule has 0 radical (unpaired) electrons. The average Bonchev–Trinajstić information content (AvgIpc) is 3.28. The largest absolute Gasteiger partial charge is 0.348 e. The van der Waals surface area contributed by atoms with E-state index in [9.17, 15) is 9.18 Å². The number of anilines is 1. The number of aromatic nitrogens is 3. The van der Waals surface area contributed by atoms with Crippen LogP contribution in [0.5, 0.6) is 0 Å². The minimum Gasteiger partial charge on any atom is -0.348 e. The fourth-order valence-electron chi connectivity index (χ4n) is 3.39. The zero-order valence-corrected chi connectivity index (χ0v) is 15.5. The standard InChI is InChI=1S/C18H20FN5OS/c1-22-11-20-10-14(22)17(25)23(2)12-6-8-24(9-7-12)18-21-16-13(19)4-3-5-15(16)26-18/h3-5,10-12H,6-9H2,1-2H3. The van der Waals surface area contributed by atoms with E-state index >= 15 is 0 Å². The van der Waals surface area contributed by atoms with Crippen molar-refractivity contribution in [3.63, 3.8) is 0 Å². The number of thiazole rings is 1. The van der Waals surface area contributed by atoms with Crippen LogP contribution in [0.3, 0.4) is 0 Å². The molecule has 0 saturated carbocycles. The highest BCUT2D eigenvalue weighted by Gasteiger charge is 2.28. The summed E-state index contributed by atoms with van der Waals surface area (Å²) in [6, 6.07) is 5.23. The molecule has 0 spiro atoms. The fraction of sp³-hybridized carbons (Fsp3) is 0.389. The number of carbonyl (C=O) groups is 1. The predicted octanol–water partition coefficient (Wildman–Crippen LogP) is 2.91. The first-order valence-corrected chi connectivity index (χ1v) is 9.39. The second-order valence-corrected chi connectivity index (χ2v) is 7.62. The highest BCUT2D eigenvalue weighted by Crippen LogP contribution is 2.32. The van der Waals surface area contributed by atoms with E-state index in [2.05, 4.69) is 14.9 Å². The molecule has 1 amide bonds. The number of halogens is 1. The van der Waals surface area contributed by atoms with Crippen molar-refractivity contribution in [1.29, 1.82) is 0 Å². The number of carbonyl (C=O) groups excluding carboxylic acids is 1. The van der Waals surface area contributed by atoms with Gasteiger partial charge in [0.25, 0.3) is 5.91 Å². The second-order valence-electron chi connectivity index (χ2n) is 6.61. The third-order valence-corrected chi connectivity index (χ3v) is 6.08. The SMILES string of the molecule is CN(C(=O)c1cncn1C)C1CCN(c2nc3c(F)cccc3s2)CC1. The number of nitrogens with zero attached hydrogens (tertiary/aromatic N) is 5. The molecule has 1 aliphatic rings. The molecule has 4 rings (SSSR count). The number of aryl methyl sites for hydroxylation is 1. The molecule has 3 aromatic rings. The molecule has 0 atom stereocenters. The van der Waals surface area contributed by atoms with Crippen molar-refractivity contribution in [2.75, 3.05) is 25.0 Å². The number of benzene rings is 1. The van der Waals surface area contributed by atoms with Gasteiger partial charge in [-0.1, -0.05) is 17.4 Å². The average molecular weight is 373 g/mol. The molecule has 1 fully saturated rings. The topological polar surface area (TPSA) is 54.3 Å². The van der Waals surface area contributed by atoms with Crippen molar-refractivity contribution >= 4 is 32.6 Å². The Morgan fingerprint density at radius 2 is 2.12 bits per heavy atom. The van der Waals surface area contributed by atoms with E-state index in [1.807, 2.05) is 25.1 Å². The lowest BCUT2D eigenvalue weighted by Crippen LogP contribution is -2.46. The zero-order chi connectivity index (χ0) is 18.3. The van der Waals surface area contributed by atoms with Crippen LogP contribution in [0, 0.1) is 5.82 Å². The number of amides is 1. The highest BCUT2D eigenvalue weighted by atomic mass is 32.1. The van der Waals surface area contributed by atoms with E-state index in [4.69, 9.17) is 0 Å². The van der Waals surface area contributed by atoms with E-state index in [1.54, 1.807) is 23.2 Å². The minimum absolute atomic E-state index is 0.00879. The van der Waals surface area contributed by atoms with Crippen molar-refractivity contribution in [2.24, 2.45) is 7.05 Å². The molecule has 0 unspecified atom stereocenters. The number of fused-ring (bicyclic) bond motifs is 1. The Morgan fingerprint density at radius 1 is 1.35 bits per heavy atom. The molecule has 2 aromatic heterocycles. The Balaban J connectivity index is 1.44. The van der Waals surface area contributed by atoms with Crippen LogP contribution in [0.15, 0.2) is 30.7 Å². The first kappa shape index (κ1) is 17.0. The van der Waals surface area contributed by atoms with Crippen molar-refractivity contribution in [2.45, 2.75) is 18.9 Å². The maximum atomic E-state index is 13.9. The molecule has 1 saturated heterocycles. The van der Waals surface area contributed by atoms with Gasteiger partial charge in [-0.25, -0.2) is 14.4 Å². The van der Waals surface area contributed by atoms with Crippen molar-refractivity contribution < 1.29 is 9.18 Å². The number of rotatable bonds is 3. The van der Waals surface area contributed by atoms with Gasteiger partial charge in [0.15, 0.2) is 5.13 Å². The molecule has 136 valence electrons. The van der Waals surface area contributed by atoms with Crippen LogP contribution in [-0.4, -0.2) is 51.5 Å². The Morgan fingerprint density at radius 3 is 2.77 bits per heavy atom. The van der Waals surface area contributed by atoms with Gasteiger partial charge in [-0.2, -0.15) is 0 Å². The van der Waals surface area contributed by atoms with Gasteiger partial charge in [0.1, 0.15) is 17.0 Å². The summed E-state index contributed by atoms with van der Waals surface area (Å²) < 4.78 is 16.5. The Kier molecular flexibility index (Phi) is 4.36. The summed E-state index contributed by atoms with van der Waals surface area (Å²) in [6.45, 7) is 1.60. The van der Waals surface area contributed by atoms with E-state index in [1.165, 1.54) is 17.4 Å². The van der Waals surface area contributed by atoms with Crippen molar-refractivity contribution in [1.82, 2.24) is 19.4 Å². The highest BCUT2D eigenvalue weighted by molar-refractivity contribution is 7.22. The smallest absolute Gasteiger partial charge is 0.272 e. The molecular weight excluding hydrogens is 353 g/mol. The van der Waals surface area contributed by atoms with Gasteiger partial charge in [-0.05, 0) is 25.0 Å². The summed E-state index contributed by atoms with van der Waals surface area (Å²) in [5.41, 5.74) is 1.04. The lowest BCUT2D eigenvalue weighted by Gasteiger charge is -2.36. The summed E-state index contributed by atoms with van der Waals surface area (Å²) in [4.78, 5) is 25.1. The lowest BCUT2D eigenvalue weighted by atomic mass is 10.0. The summed E-state index contributed by atoms with van der Waals surface area (Å²) in [5.74, 6) is -0.285. The molecule has 26 heavy (non-hydrogen) atoms. The van der Waals surface area contributed by atoms with Crippen molar-refractivity contribution in [3.8, 4) is 0 Å². The molecule has 0 aliphatic carbocycles. The van der Waals surface area contributed by atoms with Crippen LogP contribution >= 0.6 is 11.3 Å². The van der Waals surface area contributed by atoms with Crippen LogP contribution in [0.4, 0.5) is 9.52 Å². The molecule has 0 N–H and O–H groups in total. The van der Waals surface area contributed by atoms with Gasteiger partial charge in [0.05, 0.1) is 17.2 Å². The number of piperidine rings is 1. The minimum atomic E-state index is -0.276. The molecule has 3 heterocycles. The van der Waals surface area contributed by atoms with E-state index in [0.717, 1.165) is 35.8 Å². The number of hydrogen-bond donors (Lipinski definition) is 0. The van der Waals surface area contributed by atoms with E-state index < -0.39 is 0 Å². The zero-order valence-electron chi connectivity index (χ0n) is 14.7. The Bertz CT molecular complexity index is 944. The number of hydrogen-bond acceptors (Lipinski definition) is 5. The lowest BCUT2D eigenvalue weighted by molar-refractivity contribution is 0.0699. The summed E-state index contributed by atoms with van der Waals surface area (Å²) in [5, 5.41) is 0.851. The van der Waals surface area contributed by atoms with E-state index in [-0.39, 0.29) is 17.8 Å². The summed E-state index contributed by atoms with van der Waals surface area (Å²) in [7, 11) is 3.67. The molecule has 8 heteroatoms. The maximum absolute atomic E-state index is 13.9. The van der Waals surface area contributed by atoms with Gasteiger partial charge in [0, 0.05) is 33.2 Å². The fourth-order valence-corrected chi connectivity index (χ4v) is 4.42. The second kappa shape index (κ2) is 6.68. The summed E-state index contributed by atoms with van der Waals surface area (Å²) in [6.07, 6.45) is 4.95. The van der Waals surface area contributed by atoms with Crippen LogP contribution in [0.2, 0.25) is 0 Å². The van der Waals surface area contributed by atoms with E-state index in [0.29, 0.717) is 11.2 Å². The number of imidazole rings is 1. The Labute approximate surface area is 154 Å². The molecule has 1 aromatic carbocycles. The summed E-state index contributed by atoms with van der Waals surface area (Å²) >= 11 is 1.52. The third-order valence-electron chi connectivity index (χ3n) is 5.00. The quantitative estimate of drug-likeness (QED) is 0.708. The number of para-hydroxylation sites is 1. The van der Waals surface area contributed by atoms with Gasteiger partial charge < -0.3 is 14.4 Å². The van der Waals surface area contributed by atoms with Gasteiger partial charge in [0.2, 0.25) is 0 Å². The van der Waals surface area contributed by atoms with Gasteiger partial charge in [-0.15, -0.1) is 0 Å². The van der Waals surface area contributed by atoms with Crippen molar-refractivity contribution in [3.05, 3.63) is 42.2 Å². The third kappa shape index (κ3) is 2.94. The normalized spacial score (nSPS) is 15.6. The van der Waals surface area contributed by atoms with Gasteiger partial charge >= 0.3 is 0 Å². The molecule has 6 nitrogen and oxygen atoms in total. The van der Waals surface area contributed by atoms with Crippen LogP contribution in [0.25, 0.3) is 10.2 Å². The monoisotopic (exact) mass is 373 g/mol. The molecular formula is C18H20FN5OS. The van der Waals surface area contributed by atoms with Gasteiger partial charge in [-0.3, -0.25) is 4.79 Å². The molecule has 1 aliphatic heterocycles. The van der Waals surface area contributed by atoms with Crippen LogP contribution in [-0.2, 0) is 7.05 Å². The molecule has 0 bridgehead atoms. The van der Waals surface area contributed by atoms with Crippen LogP contribution < -0.4 is 4.90 Å². The Hall–Kier alpha value is -2.48. The maximum Gasteiger partial charge on any atom is 0.272 e.